The van der Waals surface area contributed by atoms with Gasteiger partial charge < -0.3 is 10.5 Å². The number of hydrogen-bond donors (Lipinski definition) is 1. The molecule has 19 heavy (non-hydrogen) atoms. The molecule has 0 aliphatic heterocycles. The molecule has 1 aromatic carbocycles. The molecule has 8 heteroatoms. The number of carbonyl (C=O) groups is 1. The average Bonchev–Trinajstić information content (AvgIpc) is 2.38. The number of benzene rings is 1. The largest absolute Gasteiger partial charge is 0.465 e. The van der Waals surface area contributed by atoms with Crippen molar-refractivity contribution in [3.05, 3.63) is 28.8 Å². The van der Waals surface area contributed by atoms with Crippen LogP contribution in [0.1, 0.15) is 10.4 Å². The van der Waals surface area contributed by atoms with Gasteiger partial charge in [0.1, 0.15) is 4.90 Å². The van der Waals surface area contributed by atoms with Crippen LogP contribution in [0.5, 0.6) is 0 Å². The molecule has 6 nitrogen and oxygen atoms in total. The van der Waals surface area contributed by atoms with E-state index in [2.05, 4.69) is 4.74 Å². The summed E-state index contributed by atoms with van der Waals surface area (Å²) in [6, 6.07) is 3.93. The maximum absolute atomic E-state index is 12.2. The van der Waals surface area contributed by atoms with Crippen molar-refractivity contribution in [2.45, 2.75) is 4.90 Å². The Labute approximate surface area is 117 Å². The predicted molar refractivity (Wildman–Crippen MR) is 71.7 cm³/mol. The number of esters is 1. The maximum Gasteiger partial charge on any atom is 0.337 e. The zero-order valence-electron chi connectivity index (χ0n) is 10.6. The fourth-order valence-electron chi connectivity index (χ4n) is 1.42. The first-order valence-corrected chi connectivity index (χ1v) is 7.20. The van der Waals surface area contributed by atoms with Gasteiger partial charge in [-0.05, 0) is 18.2 Å². The normalized spacial score (nSPS) is 11.6. The van der Waals surface area contributed by atoms with Gasteiger partial charge in [-0.3, -0.25) is 0 Å². The molecular weight excluding hydrogens is 292 g/mol. The quantitative estimate of drug-likeness (QED) is 0.809. The predicted octanol–water partition coefficient (Wildman–Crippen LogP) is 0.706. The topological polar surface area (TPSA) is 89.7 Å². The molecular formula is C11H15ClN2O4S. The molecule has 0 heterocycles. The molecule has 0 fully saturated rings. The van der Waals surface area contributed by atoms with E-state index in [1.165, 1.54) is 32.4 Å². The van der Waals surface area contributed by atoms with Crippen LogP contribution in [0.2, 0.25) is 5.02 Å². The lowest BCUT2D eigenvalue weighted by Crippen LogP contribution is -2.32. The number of halogens is 1. The van der Waals surface area contributed by atoms with Gasteiger partial charge in [-0.25, -0.2) is 13.2 Å². The average molecular weight is 307 g/mol. The summed E-state index contributed by atoms with van der Waals surface area (Å²) in [5.74, 6) is -0.630. The van der Waals surface area contributed by atoms with E-state index in [-0.39, 0.29) is 28.6 Å². The van der Waals surface area contributed by atoms with Crippen LogP contribution in [-0.2, 0) is 14.8 Å². The third kappa shape index (κ3) is 3.44. The highest BCUT2D eigenvalue weighted by Crippen LogP contribution is 2.25. The first kappa shape index (κ1) is 15.9. The fraction of sp³-hybridized carbons (Fsp3) is 0.364. The Morgan fingerprint density at radius 2 is 2.11 bits per heavy atom. The molecule has 0 radical (unpaired) electrons. The lowest BCUT2D eigenvalue weighted by molar-refractivity contribution is 0.0600. The number of methoxy groups -OCH3 is 1. The van der Waals surface area contributed by atoms with Crippen LogP contribution < -0.4 is 5.73 Å². The van der Waals surface area contributed by atoms with E-state index in [9.17, 15) is 13.2 Å². The van der Waals surface area contributed by atoms with Gasteiger partial charge in [-0.2, -0.15) is 4.31 Å². The molecule has 0 aliphatic carbocycles. The van der Waals surface area contributed by atoms with Crippen molar-refractivity contribution in [3.8, 4) is 0 Å². The molecule has 0 spiro atoms. The number of hydrogen-bond acceptors (Lipinski definition) is 5. The number of likely N-dealkylation sites (N-methyl/N-ethyl adjacent to an activating group) is 1. The number of rotatable bonds is 5. The van der Waals surface area contributed by atoms with Gasteiger partial charge in [0, 0.05) is 20.1 Å². The van der Waals surface area contributed by atoms with Crippen molar-refractivity contribution < 1.29 is 17.9 Å². The van der Waals surface area contributed by atoms with Gasteiger partial charge >= 0.3 is 5.97 Å². The van der Waals surface area contributed by atoms with Crippen molar-refractivity contribution >= 4 is 27.6 Å². The molecule has 0 unspecified atom stereocenters. The third-order valence-corrected chi connectivity index (χ3v) is 4.82. The van der Waals surface area contributed by atoms with Gasteiger partial charge in [0.05, 0.1) is 17.7 Å². The molecule has 0 saturated heterocycles. The van der Waals surface area contributed by atoms with E-state index < -0.39 is 16.0 Å². The standard InChI is InChI=1S/C11H15ClN2O4S/c1-14(6-5-13)19(16,17)10-7-8(11(15)18-2)3-4-9(10)12/h3-4,7H,5-6,13H2,1-2H3. The summed E-state index contributed by atoms with van der Waals surface area (Å²) in [6.45, 7) is 0.338. The van der Waals surface area contributed by atoms with Gasteiger partial charge in [-0.1, -0.05) is 11.6 Å². The van der Waals surface area contributed by atoms with Crippen LogP contribution in [0.3, 0.4) is 0 Å². The van der Waals surface area contributed by atoms with Crippen LogP contribution in [0.15, 0.2) is 23.1 Å². The van der Waals surface area contributed by atoms with Crippen LogP contribution in [0.4, 0.5) is 0 Å². The van der Waals surface area contributed by atoms with E-state index in [1.807, 2.05) is 0 Å². The summed E-state index contributed by atoms with van der Waals surface area (Å²) in [6.07, 6.45) is 0. The molecule has 1 aromatic rings. The van der Waals surface area contributed by atoms with Crippen LogP contribution >= 0.6 is 11.6 Å². The Hall–Kier alpha value is -1.15. The zero-order chi connectivity index (χ0) is 14.6. The highest BCUT2D eigenvalue weighted by Gasteiger charge is 2.24. The summed E-state index contributed by atoms with van der Waals surface area (Å²) in [7, 11) is -1.18. The van der Waals surface area contributed by atoms with Crippen molar-refractivity contribution in [1.29, 1.82) is 0 Å². The monoisotopic (exact) mass is 306 g/mol. The molecule has 0 saturated carbocycles. The van der Waals surface area contributed by atoms with Crippen LogP contribution in [0.25, 0.3) is 0 Å². The summed E-state index contributed by atoms with van der Waals surface area (Å²) in [5, 5.41) is 0.0384. The number of nitrogens with two attached hydrogens (primary N) is 1. The number of ether oxygens (including phenoxy) is 1. The lowest BCUT2D eigenvalue weighted by Gasteiger charge is -2.17. The van der Waals surface area contributed by atoms with Gasteiger partial charge in [0.25, 0.3) is 0 Å². The van der Waals surface area contributed by atoms with Gasteiger partial charge in [-0.15, -0.1) is 0 Å². The SMILES string of the molecule is COC(=O)c1ccc(Cl)c(S(=O)(=O)N(C)CCN)c1. The first-order valence-electron chi connectivity index (χ1n) is 5.39. The highest BCUT2D eigenvalue weighted by molar-refractivity contribution is 7.89. The fourth-order valence-corrected chi connectivity index (χ4v) is 3.10. The zero-order valence-corrected chi connectivity index (χ0v) is 12.2. The minimum Gasteiger partial charge on any atom is -0.465 e. The Morgan fingerprint density at radius 3 is 2.63 bits per heavy atom. The number of sulfonamides is 1. The van der Waals surface area contributed by atoms with Crippen molar-refractivity contribution in [2.75, 3.05) is 27.2 Å². The molecule has 0 aromatic heterocycles. The first-order chi connectivity index (χ1) is 8.84. The van der Waals surface area contributed by atoms with Gasteiger partial charge in [0.2, 0.25) is 10.0 Å². The molecule has 2 N–H and O–H groups in total. The summed E-state index contributed by atoms with van der Waals surface area (Å²) in [4.78, 5) is 11.3. The Bertz CT molecular complexity index is 574. The lowest BCUT2D eigenvalue weighted by atomic mass is 10.2. The summed E-state index contributed by atoms with van der Waals surface area (Å²) < 4.78 is 30.1. The Balaban J connectivity index is 3.29. The minimum absolute atomic E-state index is 0.0384. The smallest absolute Gasteiger partial charge is 0.337 e. The molecule has 0 amide bonds. The Morgan fingerprint density at radius 1 is 1.47 bits per heavy atom. The number of nitrogens with zero attached hydrogens (tertiary/aromatic N) is 1. The van der Waals surface area contributed by atoms with Crippen molar-refractivity contribution in [1.82, 2.24) is 4.31 Å². The van der Waals surface area contributed by atoms with Crippen molar-refractivity contribution in [2.24, 2.45) is 5.73 Å². The van der Waals surface area contributed by atoms with Crippen LogP contribution in [0, 0.1) is 0 Å². The van der Waals surface area contributed by atoms with E-state index >= 15 is 0 Å². The van der Waals surface area contributed by atoms with E-state index in [0.717, 1.165) is 4.31 Å². The molecule has 0 bridgehead atoms. The Kier molecular flexibility index (Phi) is 5.30. The van der Waals surface area contributed by atoms with Gasteiger partial charge in [0.15, 0.2) is 0 Å². The number of carbonyl (C=O) groups excluding carboxylic acids is 1. The summed E-state index contributed by atoms with van der Waals surface area (Å²) in [5.41, 5.74) is 5.45. The summed E-state index contributed by atoms with van der Waals surface area (Å²) >= 11 is 5.88. The highest BCUT2D eigenvalue weighted by atomic mass is 35.5. The third-order valence-electron chi connectivity index (χ3n) is 2.48. The van der Waals surface area contributed by atoms with Crippen molar-refractivity contribution in [3.63, 3.8) is 0 Å². The second kappa shape index (κ2) is 6.33. The minimum atomic E-state index is -3.78. The van der Waals surface area contributed by atoms with E-state index in [4.69, 9.17) is 17.3 Å². The molecule has 1 rings (SSSR count). The second-order valence-corrected chi connectivity index (χ2v) is 6.17. The van der Waals surface area contributed by atoms with E-state index in [0.29, 0.717) is 0 Å². The maximum atomic E-state index is 12.2. The molecule has 0 atom stereocenters. The molecule has 0 aliphatic rings. The van der Waals surface area contributed by atoms with E-state index in [1.54, 1.807) is 0 Å². The second-order valence-electron chi connectivity index (χ2n) is 3.75. The van der Waals surface area contributed by atoms with Crippen LogP contribution in [-0.4, -0.2) is 45.9 Å². The molecule has 106 valence electrons.